The van der Waals surface area contributed by atoms with Crippen LogP contribution in [0.3, 0.4) is 0 Å². The summed E-state index contributed by atoms with van der Waals surface area (Å²) >= 11 is 0. The maximum absolute atomic E-state index is 12.2. The lowest BCUT2D eigenvalue weighted by Gasteiger charge is -2.12. The summed E-state index contributed by atoms with van der Waals surface area (Å²) in [4.78, 5) is 12.2. The van der Waals surface area contributed by atoms with Crippen LogP contribution in [-0.2, 0) is 16.6 Å². The first kappa shape index (κ1) is 18.7. The number of aromatic nitrogens is 1. The van der Waals surface area contributed by atoms with Crippen molar-refractivity contribution in [1.82, 2.24) is 5.16 Å². The Labute approximate surface area is 149 Å². The molecule has 1 heterocycles. The van der Waals surface area contributed by atoms with Crippen molar-refractivity contribution in [2.24, 2.45) is 0 Å². The van der Waals surface area contributed by atoms with Crippen molar-refractivity contribution < 1.29 is 9.32 Å². The Morgan fingerprint density at radius 3 is 2.40 bits per heavy atom. The number of hydrogen-bond acceptors (Lipinski definition) is 3. The molecule has 0 bridgehead atoms. The van der Waals surface area contributed by atoms with Gasteiger partial charge in [0.25, 0.3) is 0 Å². The summed E-state index contributed by atoms with van der Waals surface area (Å²) in [7, 11) is 0. The molecule has 0 aliphatic carbocycles. The first-order valence-electron chi connectivity index (χ1n) is 8.49. The molecule has 0 aliphatic rings. The van der Waals surface area contributed by atoms with Gasteiger partial charge in [0.15, 0.2) is 5.82 Å². The molecule has 1 N–H and O–H groups in total. The van der Waals surface area contributed by atoms with Gasteiger partial charge in [-0.1, -0.05) is 68.4 Å². The Kier molecular flexibility index (Phi) is 5.97. The van der Waals surface area contributed by atoms with Gasteiger partial charge in [0.1, 0.15) is 5.76 Å². The van der Waals surface area contributed by atoms with Gasteiger partial charge in [-0.05, 0) is 30.5 Å². The fraction of sp³-hybridized carbons (Fsp3) is 0.333. The molecule has 0 saturated carbocycles. The Bertz CT molecular complexity index is 775. The van der Waals surface area contributed by atoms with E-state index < -0.39 is 0 Å². The summed E-state index contributed by atoms with van der Waals surface area (Å²) < 4.78 is 5.28. The quantitative estimate of drug-likeness (QED) is 0.769. The van der Waals surface area contributed by atoms with E-state index in [1.807, 2.05) is 65.0 Å². The van der Waals surface area contributed by atoms with Gasteiger partial charge < -0.3 is 9.84 Å². The van der Waals surface area contributed by atoms with Crippen LogP contribution in [0.5, 0.6) is 0 Å². The molecule has 1 aromatic carbocycles. The highest BCUT2D eigenvalue weighted by Crippen LogP contribution is 2.24. The van der Waals surface area contributed by atoms with Crippen molar-refractivity contribution in [2.75, 3.05) is 5.32 Å². The highest BCUT2D eigenvalue weighted by atomic mass is 16.5. The number of hydrogen-bond donors (Lipinski definition) is 1. The first-order valence-corrected chi connectivity index (χ1v) is 8.49. The molecule has 4 heteroatoms. The maximum atomic E-state index is 12.2. The zero-order chi connectivity index (χ0) is 18.4. The minimum absolute atomic E-state index is 0.110. The number of nitrogens with one attached hydrogen (secondary N) is 1. The minimum Gasteiger partial charge on any atom is -0.359 e. The van der Waals surface area contributed by atoms with Gasteiger partial charge in [-0.3, -0.25) is 4.79 Å². The number of nitrogens with zero attached hydrogens (tertiary/aromatic N) is 1. The van der Waals surface area contributed by atoms with Crippen molar-refractivity contribution in [2.45, 2.75) is 46.5 Å². The fourth-order valence-corrected chi connectivity index (χ4v) is 2.41. The standard InChI is InChI=1S/C21H26N2O2/c1-6-8-16(7-2)17-11-9-15(10-12-17)13-20(24)22-19-14-18(25-23-19)21(3,4)5/h6-12,14H,13H2,1-5H3,(H,22,23,24)/b8-6-,16-7+. The second-order valence-corrected chi connectivity index (χ2v) is 6.99. The van der Waals surface area contributed by atoms with E-state index in [1.165, 1.54) is 0 Å². The number of carbonyl (C=O) groups is 1. The Morgan fingerprint density at radius 2 is 1.88 bits per heavy atom. The average Bonchev–Trinajstić information content (AvgIpc) is 3.02. The van der Waals surface area contributed by atoms with Crippen molar-refractivity contribution in [1.29, 1.82) is 0 Å². The van der Waals surface area contributed by atoms with E-state index in [9.17, 15) is 4.79 Å². The maximum Gasteiger partial charge on any atom is 0.230 e. The van der Waals surface area contributed by atoms with Gasteiger partial charge in [0.2, 0.25) is 5.91 Å². The SMILES string of the molecule is C/C=C\C(=C/C)c1ccc(CC(=O)Nc2cc(C(C)(C)C)on2)cc1. The monoisotopic (exact) mass is 338 g/mol. The van der Waals surface area contributed by atoms with Gasteiger partial charge in [0, 0.05) is 11.5 Å². The predicted molar refractivity (Wildman–Crippen MR) is 102 cm³/mol. The topological polar surface area (TPSA) is 55.1 Å². The molecule has 0 aliphatic heterocycles. The molecule has 25 heavy (non-hydrogen) atoms. The lowest BCUT2D eigenvalue weighted by atomic mass is 9.93. The highest BCUT2D eigenvalue weighted by molar-refractivity contribution is 5.91. The molecule has 1 amide bonds. The van der Waals surface area contributed by atoms with Crippen LogP contribution in [0.2, 0.25) is 0 Å². The smallest absolute Gasteiger partial charge is 0.230 e. The van der Waals surface area contributed by atoms with E-state index in [4.69, 9.17) is 4.52 Å². The van der Waals surface area contributed by atoms with Crippen molar-refractivity contribution in [3.8, 4) is 0 Å². The number of rotatable bonds is 5. The zero-order valence-electron chi connectivity index (χ0n) is 15.6. The molecule has 2 aromatic rings. The second-order valence-electron chi connectivity index (χ2n) is 6.99. The van der Waals surface area contributed by atoms with E-state index in [-0.39, 0.29) is 11.3 Å². The number of anilines is 1. The highest BCUT2D eigenvalue weighted by Gasteiger charge is 2.20. The summed E-state index contributed by atoms with van der Waals surface area (Å²) in [5.74, 6) is 1.09. The number of carbonyl (C=O) groups excluding carboxylic acids is 1. The number of benzene rings is 1. The third-order valence-corrected chi connectivity index (χ3v) is 3.83. The molecule has 1 aromatic heterocycles. The van der Waals surface area contributed by atoms with Gasteiger partial charge in [-0.15, -0.1) is 0 Å². The van der Waals surface area contributed by atoms with E-state index in [0.29, 0.717) is 12.2 Å². The largest absolute Gasteiger partial charge is 0.359 e. The fourth-order valence-electron chi connectivity index (χ4n) is 2.41. The Hall–Kier alpha value is -2.62. The van der Waals surface area contributed by atoms with E-state index in [0.717, 1.165) is 22.5 Å². The van der Waals surface area contributed by atoms with Crippen LogP contribution in [0.1, 0.15) is 51.5 Å². The molecule has 0 unspecified atom stereocenters. The molecule has 132 valence electrons. The van der Waals surface area contributed by atoms with Gasteiger partial charge in [-0.2, -0.15) is 0 Å². The van der Waals surface area contributed by atoms with Crippen LogP contribution < -0.4 is 5.32 Å². The molecular weight excluding hydrogens is 312 g/mol. The summed E-state index contributed by atoms with van der Waals surface area (Å²) in [5.41, 5.74) is 3.12. The van der Waals surface area contributed by atoms with Gasteiger partial charge >= 0.3 is 0 Å². The normalized spacial score (nSPS) is 12.6. The van der Waals surface area contributed by atoms with E-state index in [1.54, 1.807) is 6.07 Å². The van der Waals surface area contributed by atoms with Crippen LogP contribution in [0.4, 0.5) is 5.82 Å². The third-order valence-electron chi connectivity index (χ3n) is 3.83. The molecule has 0 radical (unpaired) electrons. The predicted octanol–water partition coefficient (Wildman–Crippen LogP) is 5.13. The van der Waals surface area contributed by atoms with Gasteiger partial charge in [-0.25, -0.2) is 0 Å². The molecule has 4 nitrogen and oxygen atoms in total. The van der Waals surface area contributed by atoms with Crippen LogP contribution in [0.25, 0.3) is 5.57 Å². The van der Waals surface area contributed by atoms with Gasteiger partial charge in [0.05, 0.1) is 6.42 Å². The zero-order valence-corrected chi connectivity index (χ0v) is 15.6. The summed E-state index contributed by atoms with van der Waals surface area (Å²) in [5, 5.41) is 6.70. The van der Waals surface area contributed by atoms with Crippen LogP contribution >= 0.6 is 0 Å². The van der Waals surface area contributed by atoms with E-state index >= 15 is 0 Å². The molecule has 0 spiro atoms. The molecule has 2 rings (SSSR count). The van der Waals surface area contributed by atoms with Crippen LogP contribution in [0, 0.1) is 0 Å². The third kappa shape index (κ3) is 5.18. The molecule has 0 atom stereocenters. The molecule has 0 fully saturated rings. The minimum atomic E-state index is -0.136. The second kappa shape index (κ2) is 7.97. The lowest BCUT2D eigenvalue weighted by Crippen LogP contribution is -2.14. The van der Waals surface area contributed by atoms with E-state index in [2.05, 4.69) is 22.6 Å². The van der Waals surface area contributed by atoms with Crippen LogP contribution in [0.15, 0.2) is 53.1 Å². The van der Waals surface area contributed by atoms with Crippen LogP contribution in [-0.4, -0.2) is 11.1 Å². The summed E-state index contributed by atoms with van der Waals surface area (Å²) in [6.07, 6.45) is 6.45. The van der Waals surface area contributed by atoms with Crippen molar-refractivity contribution in [3.63, 3.8) is 0 Å². The molecular formula is C21H26N2O2. The van der Waals surface area contributed by atoms with Crippen molar-refractivity contribution >= 4 is 17.3 Å². The Morgan fingerprint density at radius 1 is 1.20 bits per heavy atom. The first-order chi connectivity index (χ1) is 11.8. The summed E-state index contributed by atoms with van der Waals surface area (Å²) in [6.45, 7) is 10.1. The number of amides is 1. The summed E-state index contributed by atoms with van der Waals surface area (Å²) in [6, 6.07) is 9.80. The average molecular weight is 338 g/mol. The lowest BCUT2D eigenvalue weighted by molar-refractivity contribution is -0.115. The Balaban J connectivity index is 2.00. The number of allylic oxidation sites excluding steroid dienone is 4. The van der Waals surface area contributed by atoms with Crippen molar-refractivity contribution in [3.05, 3.63) is 65.4 Å². The molecule has 0 saturated heterocycles.